The van der Waals surface area contributed by atoms with E-state index in [1.165, 1.54) is 34.3 Å². The molecule has 1 heterocycles. The summed E-state index contributed by atoms with van der Waals surface area (Å²) < 4.78 is 0. The van der Waals surface area contributed by atoms with Crippen LogP contribution in [0.25, 0.3) is 10.9 Å². The van der Waals surface area contributed by atoms with E-state index in [0.717, 1.165) is 5.92 Å². The van der Waals surface area contributed by atoms with Crippen LogP contribution in [0.4, 0.5) is 5.69 Å². The van der Waals surface area contributed by atoms with Crippen LogP contribution in [0.2, 0.25) is 0 Å². The normalized spacial score (nSPS) is 13.4. The summed E-state index contributed by atoms with van der Waals surface area (Å²) >= 11 is 0. The van der Waals surface area contributed by atoms with Crippen molar-refractivity contribution in [2.75, 3.05) is 5.32 Å². The number of benzene rings is 1. The van der Waals surface area contributed by atoms with Crippen LogP contribution in [0.5, 0.6) is 0 Å². The maximum atomic E-state index is 3.62. The molecule has 0 saturated carbocycles. The van der Waals surface area contributed by atoms with Crippen molar-refractivity contribution >= 4 is 16.6 Å². The van der Waals surface area contributed by atoms with Crippen LogP contribution in [0.1, 0.15) is 58.2 Å². The Morgan fingerprint density at radius 3 is 2.40 bits per heavy atom. The third kappa shape index (κ3) is 3.17. The fourth-order valence-corrected chi connectivity index (χ4v) is 3.07. The van der Waals surface area contributed by atoms with Crippen molar-refractivity contribution in [2.45, 2.75) is 59.9 Å². The number of fused-ring (bicyclic) bond motifs is 1. The largest absolute Gasteiger partial charge is 0.383 e. The Bertz CT molecular complexity index is 578. The van der Waals surface area contributed by atoms with Gasteiger partial charge in [-0.15, -0.1) is 0 Å². The lowest BCUT2D eigenvalue weighted by Gasteiger charge is -2.17. The van der Waals surface area contributed by atoms with Crippen molar-refractivity contribution in [3.63, 3.8) is 0 Å². The molecule has 2 nitrogen and oxygen atoms in total. The summed E-state index contributed by atoms with van der Waals surface area (Å²) in [6, 6.07) is 7.16. The molecule has 1 atom stereocenters. The van der Waals surface area contributed by atoms with E-state index < -0.39 is 0 Å². The maximum absolute atomic E-state index is 3.62. The number of nitrogens with one attached hydrogen (secondary N) is 2. The Morgan fingerprint density at radius 2 is 1.80 bits per heavy atom. The van der Waals surface area contributed by atoms with Crippen molar-refractivity contribution in [3.05, 3.63) is 29.5 Å². The zero-order valence-corrected chi connectivity index (χ0v) is 13.7. The van der Waals surface area contributed by atoms with Gasteiger partial charge in [-0.1, -0.05) is 27.7 Å². The number of rotatable bonds is 5. The minimum absolute atomic E-state index is 0.510. The Hall–Kier alpha value is -1.44. The van der Waals surface area contributed by atoms with Crippen LogP contribution in [0.15, 0.2) is 18.2 Å². The summed E-state index contributed by atoms with van der Waals surface area (Å²) in [6.45, 7) is 13.5. The molecule has 2 heteroatoms. The molecule has 20 heavy (non-hydrogen) atoms. The molecule has 0 aliphatic carbocycles. The summed E-state index contributed by atoms with van der Waals surface area (Å²) in [5.41, 5.74) is 5.21. The first kappa shape index (κ1) is 15.0. The second kappa shape index (κ2) is 5.90. The molecule has 0 spiro atoms. The van der Waals surface area contributed by atoms with Crippen molar-refractivity contribution in [2.24, 2.45) is 5.92 Å². The molecule has 2 N–H and O–H groups in total. The van der Waals surface area contributed by atoms with Crippen LogP contribution in [0.3, 0.4) is 0 Å². The molecule has 0 aliphatic rings. The van der Waals surface area contributed by atoms with Crippen molar-refractivity contribution in [1.82, 2.24) is 4.98 Å². The lowest BCUT2D eigenvalue weighted by Crippen LogP contribution is -2.17. The summed E-state index contributed by atoms with van der Waals surface area (Å²) in [4.78, 5) is 3.55. The van der Waals surface area contributed by atoms with Crippen molar-refractivity contribution in [1.29, 1.82) is 0 Å². The molecule has 1 unspecified atom stereocenters. The second-order valence-electron chi connectivity index (χ2n) is 6.75. The fraction of sp³-hybridized carbons (Fsp3) is 0.556. The summed E-state index contributed by atoms with van der Waals surface area (Å²) in [5.74, 6) is 1.27. The predicted octanol–water partition coefficient (Wildman–Crippen LogP) is 5.45. The average molecular weight is 272 g/mol. The van der Waals surface area contributed by atoms with Crippen LogP contribution < -0.4 is 5.32 Å². The van der Waals surface area contributed by atoms with Gasteiger partial charge in [0.2, 0.25) is 0 Å². The van der Waals surface area contributed by atoms with Gasteiger partial charge in [0.25, 0.3) is 0 Å². The molecule has 0 fully saturated rings. The SMILES string of the molecule is Cc1c(C(C)C)[nH]c2ccc(NC(C)CC(C)C)cc12. The molecule has 1 aromatic carbocycles. The zero-order chi connectivity index (χ0) is 14.9. The molecule has 1 aromatic heterocycles. The second-order valence-corrected chi connectivity index (χ2v) is 6.75. The minimum Gasteiger partial charge on any atom is -0.383 e. The third-order valence-electron chi connectivity index (χ3n) is 3.91. The van der Waals surface area contributed by atoms with Crippen LogP contribution in [-0.4, -0.2) is 11.0 Å². The van der Waals surface area contributed by atoms with E-state index in [9.17, 15) is 0 Å². The van der Waals surface area contributed by atoms with Crippen molar-refractivity contribution < 1.29 is 0 Å². The molecule has 2 rings (SSSR count). The molecule has 0 bridgehead atoms. The molecular formula is C18H28N2. The van der Waals surface area contributed by atoms with Gasteiger partial charge in [-0.05, 0) is 55.9 Å². The molecule has 0 radical (unpaired) electrons. The highest BCUT2D eigenvalue weighted by Crippen LogP contribution is 2.29. The number of aryl methyl sites for hydroxylation is 1. The van der Waals surface area contributed by atoms with Gasteiger partial charge in [0.1, 0.15) is 0 Å². The van der Waals surface area contributed by atoms with E-state index in [4.69, 9.17) is 0 Å². The lowest BCUT2D eigenvalue weighted by atomic mass is 10.0. The number of hydrogen-bond acceptors (Lipinski definition) is 1. The minimum atomic E-state index is 0.510. The molecule has 2 aromatic rings. The van der Waals surface area contributed by atoms with E-state index >= 15 is 0 Å². The highest BCUT2D eigenvalue weighted by Gasteiger charge is 2.11. The Balaban J connectivity index is 2.27. The average Bonchev–Trinajstić information content (AvgIpc) is 2.66. The smallest absolute Gasteiger partial charge is 0.0460 e. The van der Waals surface area contributed by atoms with E-state index in [1.54, 1.807) is 0 Å². The highest BCUT2D eigenvalue weighted by molar-refractivity contribution is 5.87. The summed E-state index contributed by atoms with van der Waals surface area (Å²) in [5, 5.41) is 4.96. The number of hydrogen-bond donors (Lipinski definition) is 2. The van der Waals surface area contributed by atoms with Crippen LogP contribution in [-0.2, 0) is 0 Å². The highest BCUT2D eigenvalue weighted by atomic mass is 14.9. The van der Waals surface area contributed by atoms with Gasteiger partial charge in [0.05, 0.1) is 0 Å². The van der Waals surface area contributed by atoms with Crippen LogP contribution in [0, 0.1) is 12.8 Å². The Labute approximate surface area is 123 Å². The number of anilines is 1. The molecule has 0 aliphatic heterocycles. The zero-order valence-electron chi connectivity index (χ0n) is 13.7. The standard InChI is InChI=1S/C18H28N2/c1-11(2)9-13(5)19-15-7-8-17-16(10-15)14(6)18(20-17)12(3)4/h7-8,10-13,19-20H,9H2,1-6H3. The van der Waals surface area contributed by atoms with Crippen molar-refractivity contribution in [3.8, 4) is 0 Å². The number of aromatic amines is 1. The third-order valence-corrected chi connectivity index (χ3v) is 3.91. The molecule has 0 amide bonds. The van der Waals surface area contributed by atoms with E-state index in [1.807, 2.05) is 0 Å². The van der Waals surface area contributed by atoms with Crippen LogP contribution >= 0.6 is 0 Å². The first-order valence-corrected chi connectivity index (χ1v) is 7.77. The van der Waals surface area contributed by atoms with E-state index in [0.29, 0.717) is 12.0 Å². The number of aromatic nitrogens is 1. The Morgan fingerprint density at radius 1 is 1.10 bits per heavy atom. The first-order chi connectivity index (χ1) is 9.38. The lowest BCUT2D eigenvalue weighted by molar-refractivity contribution is 0.540. The van der Waals surface area contributed by atoms with Gasteiger partial charge < -0.3 is 10.3 Å². The maximum Gasteiger partial charge on any atom is 0.0460 e. The molecule has 0 saturated heterocycles. The topological polar surface area (TPSA) is 27.8 Å². The van der Waals surface area contributed by atoms with E-state index in [2.05, 4.69) is 70.0 Å². The Kier molecular flexibility index (Phi) is 4.42. The summed E-state index contributed by atoms with van der Waals surface area (Å²) in [7, 11) is 0. The predicted molar refractivity (Wildman–Crippen MR) is 89.7 cm³/mol. The first-order valence-electron chi connectivity index (χ1n) is 7.77. The van der Waals surface area contributed by atoms with Gasteiger partial charge in [-0.25, -0.2) is 0 Å². The van der Waals surface area contributed by atoms with Gasteiger partial charge >= 0.3 is 0 Å². The van der Waals surface area contributed by atoms with E-state index in [-0.39, 0.29) is 0 Å². The monoisotopic (exact) mass is 272 g/mol. The molecular weight excluding hydrogens is 244 g/mol. The summed E-state index contributed by atoms with van der Waals surface area (Å²) in [6.07, 6.45) is 1.20. The molecule has 110 valence electrons. The van der Waals surface area contributed by atoms with Gasteiger partial charge in [0, 0.05) is 28.3 Å². The number of H-pyrrole nitrogens is 1. The van der Waals surface area contributed by atoms with Gasteiger partial charge in [-0.3, -0.25) is 0 Å². The van der Waals surface area contributed by atoms with Gasteiger partial charge in [-0.2, -0.15) is 0 Å². The fourth-order valence-electron chi connectivity index (χ4n) is 3.07. The quantitative estimate of drug-likeness (QED) is 0.744. The van der Waals surface area contributed by atoms with Gasteiger partial charge in [0.15, 0.2) is 0 Å².